The smallest absolute Gasteiger partial charge is 0.0860 e. The van der Waals surface area contributed by atoms with E-state index >= 15 is 0 Å². The van der Waals surface area contributed by atoms with Crippen molar-refractivity contribution in [2.75, 3.05) is 6.61 Å². The van der Waals surface area contributed by atoms with Crippen molar-refractivity contribution in [3.63, 3.8) is 0 Å². The number of hydrogen-bond acceptors (Lipinski definition) is 4. The second-order valence-electron chi connectivity index (χ2n) is 3.75. The molecule has 86 valence electrons. The summed E-state index contributed by atoms with van der Waals surface area (Å²) in [7, 11) is 0. The maximum absolute atomic E-state index is 9.16. The van der Waals surface area contributed by atoms with Gasteiger partial charge in [0.1, 0.15) is 0 Å². The van der Waals surface area contributed by atoms with Crippen LogP contribution in [0.15, 0.2) is 41.7 Å². The Balaban J connectivity index is 2.09. The van der Waals surface area contributed by atoms with Crippen molar-refractivity contribution in [1.82, 2.24) is 16.0 Å². The number of hydrogen-bond donors (Lipinski definition) is 3. The van der Waals surface area contributed by atoms with E-state index in [9.17, 15) is 0 Å². The van der Waals surface area contributed by atoms with E-state index in [0.29, 0.717) is 0 Å². The molecule has 16 heavy (non-hydrogen) atoms. The van der Waals surface area contributed by atoms with Crippen molar-refractivity contribution in [1.29, 1.82) is 0 Å². The van der Waals surface area contributed by atoms with E-state index in [0.717, 1.165) is 24.4 Å². The molecule has 0 aromatic heterocycles. The highest BCUT2D eigenvalue weighted by atomic mass is 16.3. The summed E-state index contributed by atoms with van der Waals surface area (Å²) in [5.74, 6) is 0. The fraction of sp³-hybridized carbons (Fsp3) is 0.333. The first-order chi connectivity index (χ1) is 7.85. The van der Waals surface area contributed by atoms with E-state index in [2.05, 4.69) is 30.0 Å². The van der Waals surface area contributed by atoms with Gasteiger partial charge < -0.3 is 10.5 Å². The molecule has 0 unspecified atom stereocenters. The molecule has 1 aliphatic rings. The van der Waals surface area contributed by atoms with E-state index in [1.807, 2.05) is 23.2 Å². The summed E-state index contributed by atoms with van der Waals surface area (Å²) in [5.41, 5.74) is 9.25. The predicted molar refractivity (Wildman–Crippen MR) is 62.7 cm³/mol. The fourth-order valence-corrected chi connectivity index (χ4v) is 1.87. The van der Waals surface area contributed by atoms with Crippen molar-refractivity contribution in [3.8, 4) is 0 Å². The molecule has 1 aromatic rings. The van der Waals surface area contributed by atoms with E-state index < -0.39 is 0 Å². The first kappa shape index (κ1) is 11.0. The van der Waals surface area contributed by atoms with Crippen LogP contribution in [0.2, 0.25) is 0 Å². The van der Waals surface area contributed by atoms with Crippen molar-refractivity contribution in [2.45, 2.75) is 19.9 Å². The molecule has 0 amide bonds. The zero-order valence-electron chi connectivity index (χ0n) is 9.40. The molecule has 0 saturated carbocycles. The van der Waals surface area contributed by atoms with E-state index in [4.69, 9.17) is 5.11 Å². The summed E-state index contributed by atoms with van der Waals surface area (Å²) in [6, 6.07) is 10.2. The van der Waals surface area contributed by atoms with Gasteiger partial charge in [0.15, 0.2) is 0 Å². The van der Waals surface area contributed by atoms with Crippen LogP contribution in [0.5, 0.6) is 0 Å². The minimum Gasteiger partial charge on any atom is -0.390 e. The number of benzene rings is 1. The molecule has 2 rings (SSSR count). The third-order valence-corrected chi connectivity index (χ3v) is 2.69. The second-order valence-corrected chi connectivity index (χ2v) is 3.75. The molecule has 1 aliphatic heterocycles. The first-order valence-electron chi connectivity index (χ1n) is 5.51. The Labute approximate surface area is 95.5 Å². The minimum atomic E-state index is 0.0431. The van der Waals surface area contributed by atoms with Gasteiger partial charge in [-0.1, -0.05) is 37.3 Å². The van der Waals surface area contributed by atoms with E-state index in [1.54, 1.807) is 0 Å². The Morgan fingerprint density at radius 2 is 2.00 bits per heavy atom. The van der Waals surface area contributed by atoms with Gasteiger partial charge in [-0.05, 0) is 12.0 Å². The monoisotopic (exact) mass is 219 g/mol. The fourth-order valence-electron chi connectivity index (χ4n) is 1.87. The van der Waals surface area contributed by atoms with Gasteiger partial charge in [-0.15, -0.1) is 5.53 Å². The molecule has 1 heterocycles. The third kappa shape index (κ3) is 2.18. The Kier molecular flexibility index (Phi) is 3.44. The average Bonchev–Trinajstić information content (AvgIpc) is 2.72. The largest absolute Gasteiger partial charge is 0.390 e. The standard InChI is InChI=1S/C12H17N3O/c1-2-12-11(9-16)13-14-15(12)8-10-6-4-3-5-7-10/h3-7,13-14,16H,2,8-9H2,1H3. The van der Waals surface area contributed by atoms with Crippen molar-refractivity contribution in [2.24, 2.45) is 0 Å². The number of aliphatic hydroxyl groups excluding tert-OH is 1. The average molecular weight is 219 g/mol. The van der Waals surface area contributed by atoms with Crippen LogP contribution in [0.4, 0.5) is 0 Å². The van der Waals surface area contributed by atoms with Crippen LogP contribution >= 0.6 is 0 Å². The molecular weight excluding hydrogens is 202 g/mol. The van der Waals surface area contributed by atoms with E-state index in [1.165, 1.54) is 5.56 Å². The van der Waals surface area contributed by atoms with Gasteiger partial charge in [0, 0.05) is 0 Å². The van der Waals surface area contributed by atoms with Gasteiger partial charge in [0.05, 0.1) is 24.5 Å². The van der Waals surface area contributed by atoms with Crippen molar-refractivity contribution < 1.29 is 5.11 Å². The predicted octanol–water partition coefficient (Wildman–Crippen LogP) is 1.13. The number of nitrogens with one attached hydrogen (secondary N) is 2. The summed E-state index contributed by atoms with van der Waals surface area (Å²) in [6.45, 7) is 2.92. The Bertz CT molecular complexity index is 375. The lowest BCUT2D eigenvalue weighted by Crippen LogP contribution is -2.37. The zero-order valence-corrected chi connectivity index (χ0v) is 9.40. The summed E-state index contributed by atoms with van der Waals surface area (Å²) < 4.78 is 0. The molecule has 0 atom stereocenters. The maximum atomic E-state index is 9.16. The summed E-state index contributed by atoms with van der Waals surface area (Å²) in [4.78, 5) is 0. The highest BCUT2D eigenvalue weighted by Crippen LogP contribution is 2.17. The van der Waals surface area contributed by atoms with Crippen molar-refractivity contribution in [3.05, 3.63) is 47.3 Å². The molecule has 0 aliphatic carbocycles. The Hall–Kier alpha value is -1.52. The Morgan fingerprint density at radius 3 is 2.62 bits per heavy atom. The first-order valence-corrected chi connectivity index (χ1v) is 5.51. The van der Waals surface area contributed by atoms with Crippen LogP contribution in [0.25, 0.3) is 0 Å². The maximum Gasteiger partial charge on any atom is 0.0860 e. The number of aliphatic hydroxyl groups is 1. The number of nitrogens with zero attached hydrogens (tertiary/aromatic N) is 1. The molecule has 0 radical (unpaired) electrons. The van der Waals surface area contributed by atoms with Gasteiger partial charge >= 0.3 is 0 Å². The third-order valence-electron chi connectivity index (χ3n) is 2.69. The molecular formula is C12H17N3O. The summed E-state index contributed by atoms with van der Waals surface area (Å²) in [6.07, 6.45) is 0.892. The highest BCUT2D eigenvalue weighted by molar-refractivity contribution is 5.19. The Morgan fingerprint density at radius 1 is 1.25 bits per heavy atom. The van der Waals surface area contributed by atoms with Crippen LogP contribution in [-0.4, -0.2) is 16.7 Å². The van der Waals surface area contributed by atoms with Crippen LogP contribution in [-0.2, 0) is 6.54 Å². The topological polar surface area (TPSA) is 47.5 Å². The summed E-state index contributed by atoms with van der Waals surface area (Å²) in [5, 5.41) is 11.2. The number of rotatable bonds is 4. The number of hydrazine groups is 2. The lowest BCUT2D eigenvalue weighted by Gasteiger charge is -2.20. The van der Waals surface area contributed by atoms with Gasteiger partial charge in [0.25, 0.3) is 0 Å². The normalized spacial score (nSPS) is 15.5. The molecule has 0 fully saturated rings. The van der Waals surface area contributed by atoms with Crippen LogP contribution < -0.4 is 11.0 Å². The van der Waals surface area contributed by atoms with Crippen molar-refractivity contribution >= 4 is 0 Å². The lowest BCUT2D eigenvalue weighted by atomic mass is 10.2. The van der Waals surface area contributed by atoms with Gasteiger partial charge in [0.2, 0.25) is 0 Å². The highest BCUT2D eigenvalue weighted by Gasteiger charge is 2.19. The molecule has 4 nitrogen and oxygen atoms in total. The van der Waals surface area contributed by atoms with Gasteiger partial charge in [-0.2, -0.15) is 0 Å². The molecule has 0 bridgehead atoms. The quantitative estimate of drug-likeness (QED) is 0.710. The van der Waals surface area contributed by atoms with E-state index in [-0.39, 0.29) is 6.61 Å². The summed E-state index contributed by atoms with van der Waals surface area (Å²) >= 11 is 0. The molecule has 4 heteroatoms. The lowest BCUT2D eigenvalue weighted by molar-refractivity contribution is 0.235. The molecule has 1 aromatic carbocycles. The van der Waals surface area contributed by atoms with Crippen LogP contribution in [0.3, 0.4) is 0 Å². The SMILES string of the molecule is CCC1=C(CO)NNN1Cc1ccccc1. The minimum absolute atomic E-state index is 0.0431. The zero-order chi connectivity index (χ0) is 11.4. The molecule has 0 spiro atoms. The second kappa shape index (κ2) is 5.01. The molecule has 0 saturated heterocycles. The van der Waals surface area contributed by atoms with Gasteiger partial charge in [-0.25, -0.2) is 0 Å². The molecule has 3 N–H and O–H groups in total. The number of allylic oxidation sites excluding steroid dienone is 1. The van der Waals surface area contributed by atoms with Crippen LogP contribution in [0.1, 0.15) is 18.9 Å². The van der Waals surface area contributed by atoms with Gasteiger partial charge in [-0.3, -0.25) is 5.01 Å². The van der Waals surface area contributed by atoms with Crippen LogP contribution in [0, 0.1) is 0 Å².